The van der Waals surface area contributed by atoms with Crippen LogP contribution < -0.4 is 0 Å². The molecular weight excluding hydrogens is 348 g/mol. The average Bonchev–Trinajstić information content (AvgIpc) is 2.61. The van der Waals surface area contributed by atoms with E-state index in [-0.39, 0.29) is 23.0 Å². The van der Waals surface area contributed by atoms with Crippen LogP contribution in [0.1, 0.15) is 51.2 Å². The molecule has 0 amide bonds. The van der Waals surface area contributed by atoms with E-state index in [1.54, 1.807) is 6.92 Å². The van der Waals surface area contributed by atoms with Crippen LogP contribution in [0.2, 0.25) is 0 Å². The third-order valence-electron chi connectivity index (χ3n) is 5.40. The molecule has 0 atom stereocenters. The lowest BCUT2D eigenvalue weighted by Gasteiger charge is -2.32. The van der Waals surface area contributed by atoms with E-state index >= 15 is 0 Å². The molecule has 0 aromatic heterocycles. The van der Waals surface area contributed by atoms with Crippen LogP contribution in [-0.4, -0.2) is 48.6 Å². The summed E-state index contributed by atoms with van der Waals surface area (Å²) in [7, 11) is -3.15. The number of rotatable bonds is 5. The SMILES string of the molecule is CCS(=O)(=O)N1CCC(C(=O)CC2=NC(C)(C)Cc3ccccc32)CC1. The lowest BCUT2D eigenvalue weighted by molar-refractivity contribution is -0.122. The zero-order valence-electron chi connectivity index (χ0n) is 15.9. The number of sulfonamides is 1. The highest BCUT2D eigenvalue weighted by molar-refractivity contribution is 7.89. The maximum Gasteiger partial charge on any atom is 0.213 e. The number of nitrogens with zero attached hydrogens (tertiary/aromatic N) is 2. The summed E-state index contributed by atoms with van der Waals surface area (Å²) in [5.74, 6) is 0.233. The fourth-order valence-electron chi connectivity index (χ4n) is 3.97. The van der Waals surface area contributed by atoms with Gasteiger partial charge >= 0.3 is 0 Å². The summed E-state index contributed by atoms with van der Waals surface area (Å²) in [6, 6.07) is 8.19. The second-order valence-corrected chi connectivity index (χ2v) is 10.2. The van der Waals surface area contributed by atoms with Gasteiger partial charge in [0.1, 0.15) is 5.78 Å². The van der Waals surface area contributed by atoms with E-state index in [1.807, 2.05) is 18.2 Å². The molecule has 5 nitrogen and oxygen atoms in total. The van der Waals surface area contributed by atoms with E-state index in [0.29, 0.717) is 32.4 Å². The highest BCUT2D eigenvalue weighted by Gasteiger charge is 2.32. The number of carbonyl (C=O) groups is 1. The highest BCUT2D eigenvalue weighted by atomic mass is 32.2. The van der Waals surface area contributed by atoms with Crippen molar-refractivity contribution in [1.82, 2.24) is 4.31 Å². The smallest absolute Gasteiger partial charge is 0.213 e. The second kappa shape index (κ2) is 7.24. The zero-order chi connectivity index (χ0) is 18.9. The number of hydrogen-bond donors (Lipinski definition) is 0. The Balaban J connectivity index is 1.70. The molecule has 0 saturated carbocycles. The summed E-state index contributed by atoms with van der Waals surface area (Å²) in [6.07, 6.45) is 2.44. The predicted octanol–water partition coefficient (Wildman–Crippen LogP) is 2.83. The third-order valence-corrected chi connectivity index (χ3v) is 7.28. The number of hydrogen-bond acceptors (Lipinski definition) is 4. The summed E-state index contributed by atoms with van der Waals surface area (Å²) in [6.45, 7) is 6.75. The molecule has 0 radical (unpaired) electrons. The normalized spacial score (nSPS) is 21.1. The molecule has 3 rings (SSSR count). The molecule has 26 heavy (non-hydrogen) atoms. The van der Waals surface area contributed by atoms with Gasteiger partial charge in [0.15, 0.2) is 0 Å². The molecule has 0 aliphatic carbocycles. The van der Waals surface area contributed by atoms with Crippen molar-refractivity contribution in [3.05, 3.63) is 35.4 Å². The van der Waals surface area contributed by atoms with Crippen molar-refractivity contribution in [2.45, 2.75) is 52.0 Å². The summed E-state index contributed by atoms with van der Waals surface area (Å²) >= 11 is 0. The first-order chi connectivity index (χ1) is 12.2. The van der Waals surface area contributed by atoms with Crippen LogP contribution in [0, 0.1) is 5.92 Å². The van der Waals surface area contributed by atoms with E-state index in [0.717, 1.165) is 17.7 Å². The Labute approximate surface area is 156 Å². The molecule has 0 bridgehead atoms. The number of piperidine rings is 1. The lowest BCUT2D eigenvalue weighted by atomic mass is 9.83. The Morgan fingerprint density at radius 3 is 2.54 bits per heavy atom. The lowest BCUT2D eigenvalue weighted by Crippen LogP contribution is -2.41. The minimum absolute atomic E-state index is 0.0711. The Bertz CT molecular complexity index is 819. The molecule has 2 heterocycles. The summed E-state index contributed by atoms with van der Waals surface area (Å²) in [4.78, 5) is 17.7. The maximum absolute atomic E-state index is 12.9. The maximum atomic E-state index is 12.9. The van der Waals surface area contributed by atoms with Crippen LogP contribution in [0.3, 0.4) is 0 Å². The Kier molecular flexibility index (Phi) is 5.35. The number of benzene rings is 1. The predicted molar refractivity (Wildman–Crippen MR) is 104 cm³/mol. The molecule has 1 fully saturated rings. The van der Waals surface area contributed by atoms with Gasteiger partial charge in [-0.05, 0) is 51.2 Å². The van der Waals surface area contributed by atoms with E-state index < -0.39 is 10.0 Å². The molecule has 142 valence electrons. The van der Waals surface area contributed by atoms with E-state index in [4.69, 9.17) is 4.99 Å². The number of ketones is 1. The molecule has 0 spiro atoms. The molecular formula is C20H28N2O3S. The molecule has 2 aliphatic rings. The monoisotopic (exact) mass is 376 g/mol. The van der Waals surface area contributed by atoms with Gasteiger partial charge in [-0.1, -0.05) is 24.3 Å². The van der Waals surface area contributed by atoms with Crippen molar-refractivity contribution in [3.63, 3.8) is 0 Å². The minimum Gasteiger partial charge on any atom is -0.299 e. The van der Waals surface area contributed by atoms with Crippen molar-refractivity contribution in [1.29, 1.82) is 0 Å². The van der Waals surface area contributed by atoms with Crippen LogP contribution >= 0.6 is 0 Å². The number of carbonyl (C=O) groups excluding carboxylic acids is 1. The van der Waals surface area contributed by atoms with Crippen LogP contribution in [0.5, 0.6) is 0 Å². The van der Waals surface area contributed by atoms with E-state index in [1.165, 1.54) is 9.87 Å². The van der Waals surface area contributed by atoms with Gasteiger partial charge in [0, 0.05) is 25.4 Å². The first-order valence-electron chi connectivity index (χ1n) is 9.39. The number of aliphatic imine (C=N–C) groups is 1. The topological polar surface area (TPSA) is 66.8 Å². The van der Waals surface area contributed by atoms with Crippen molar-refractivity contribution in [2.24, 2.45) is 10.9 Å². The average molecular weight is 377 g/mol. The van der Waals surface area contributed by atoms with Crippen molar-refractivity contribution in [3.8, 4) is 0 Å². The molecule has 0 unspecified atom stereocenters. The largest absolute Gasteiger partial charge is 0.299 e. The van der Waals surface area contributed by atoms with Crippen LogP contribution in [0.25, 0.3) is 0 Å². The van der Waals surface area contributed by atoms with Gasteiger partial charge in [0.2, 0.25) is 10.0 Å². The van der Waals surface area contributed by atoms with Gasteiger partial charge in [-0.25, -0.2) is 12.7 Å². The standard InChI is InChI=1S/C20H28N2O3S/c1-4-26(24,25)22-11-9-15(10-12-22)19(23)13-18-17-8-6-5-7-16(17)14-20(2,3)21-18/h5-8,15H,4,9-14H2,1-3H3. The first-order valence-corrected chi connectivity index (χ1v) is 11.0. The number of Topliss-reactive ketones (excluding diaryl/α,β-unsaturated/α-hetero) is 1. The van der Waals surface area contributed by atoms with Crippen LogP contribution in [0.4, 0.5) is 0 Å². The Morgan fingerprint density at radius 1 is 1.23 bits per heavy atom. The minimum atomic E-state index is -3.15. The second-order valence-electron chi connectivity index (χ2n) is 7.92. The quantitative estimate of drug-likeness (QED) is 0.794. The summed E-state index contributed by atoms with van der Waals surface area (Å²) < 4.78 is 25.5. The first kappa shape index (κ1) is 19.2. The third kappa shape index (κ3) is 4.07. The van der Waals surface area contributed by atoms with Gasteiger partial charge in [0.05, 0.1) is 17.0 Å². The molecule has 1 aromatic rings. The molecule has 2 aliphatic heterocycles. The molecule has 6 heteroatoms. The summed E-state index contributed by atoms with van der Waals surface area (Å²) in [5, 5.41) is 0. The van der Waals surface area contributed by atoms with E-state index in [9.17, 15) is 13.2 Å². The number of fused-ring (bicyclic) bond motifs is 1. The van der Waals surface area contributed by atoms with Crippen LogP contribution in [0.15, 0.2) is 29.3 Å². The molecule has 0 N–H and O–H groups in total. The van der Waals surface area contributed by atoms with Crippen molar-refractivity contribution >= 4 is 21.5 Å². The van der Waals surface area contributed by atoms with Gasteiger partial charge < -0.3 is 0 Å². The fraction of sp³-hybridized carbons (Fsp3) is 0.600. The fourth-order valence-corrected chi connectivity index (χ4v) is 5.10. The summed E-state index contributed by atoms with van der Waals surface area (Å²) in [5.41, 5.74) is 3.03. The molecule has 1 saturated heterocycles. The Hall–Kier alpha value is -1.53. The van der Waals surface area contributed by atoms with E-state index in [2.05, 4.69) is 19.9 Å². The Morgan fingerprint density at radius 2 is 1.88 bits per heavy atom. The van der Waals surface area contributed by atoms with Crippen LogP contribution in [-0.2, 0) is 21.2 Å². The van der Waals surface area contributed by atoms with Crippen molar-refractivity contribution < 1.29 is 13.2 Å². The van der Waals surface area contributed by atoms with Gasteiger partial charge in [-0.15, -0.1) is 0 Å². The van der Waals surface area contributed by atoms with Gasteiger partial charge in [0.25, 0.3) is 0 Å². The van der Waals surface area contributed by atoms with Crippen molar-refractivity contribution in [2.75, 3.05) is 18.8 Å². The van der Waals surface area contributed by atoms with Gasteiger partial charge in [-0.3, -0.25) is 9.79 Å². The highest BCUT2D eigenvalue weighted by Crippen LogP contribution is 2.29. The zero-order valence-corrected chi connectivity index (χ0v) is 16.7. The van der Waals surface area contributed by atoms with Gasteiger partial charge in [-0.2, -0.15) is 0 Å². The molecule has 1 aromatic carbocycles.